The highest BCUT2D eigenvalue weighted by molar-refractivity contribution is 5.74. The predicted molar refractivity (Wildman–Crippen MR) is 31.2 cm³/mol. The molecule has 0 aliphatic rings. The van der Waals surface area contributed by atoms with Gasteiger partial charge in [0, 0.05) is 0 Å². The van der Waals surface area contributed by atoms with Crippen LogP contribution in [0.5, 0.6) is 0 Å². The van der Waals surface area contributed by atoms with E-state index in [1.54, 1.807) is 30.6 Å². The van der Waals surface area contributed by atoms with Crippen LogP contribution in [0.15, 0.2) is 30.3 Å². The van der Waals surface area contributed by atoms with Crippen LogP contribution in [-0.4, -0.2) is 6.29 Å². The molecule has 0 spiro atoms. The second-order valence-corrected chi connectivity index (χ2v) is 1.47. The lowest BCUT2D eigenvalue weighted by Gasteiger charge is -1.69. The fourth-order valence-electron chi connectivity index (χ4n) is 0.506. The van der Waals surface area contributed by atoms with Crippen LogP contribution in [0.1, 0.15) is 5.56 Å². The van der Waals surface area contributed by atoms with Crippen LogP contribution in [-0.2, 0) is 4.79 Å². The minimum atomic E-state index is 0.604. The Labute approximate surface area is 48.0 Å². The van der Waals surface area contributed by atoms with E-state index in [2.05, 4.69) is 0 Å². The zero-order valence-electron chi connectivity index (χ0n) is 4.29. The van der Waals surface area contributed by atoms with E-state index < -0.39 is 0 Å². The second-order valence-electron chi connectivity index (χ2n) is 1.47. The summed E-state index contributed by atoms with van der Waals surface area (Å²) < 4.78 is 0. The summed E-state index contributed by atoms with van der Waals surface area (Å²) in [5, 5.41) is 0. The number of benzene rings is 1. The summed E-state index contributed by atoms with van der Waals surface area (Å²) >= 11 is 0. The minimum absolute atomic E-state index is 0.604. The van der Waals surface area contributed by atoms with Gasteiger partial charge in [-0.15, -0.1) is 4.79 Å². The quantitative estimate of drug-likeness (QED) is 0.489. The van der Waals surface area contributed by atoms with Gasteiger partial charge in [0.15, 0.2) is 0 Å². The standard InChI is InChI=1S/C7H5O/c8-6-7-4-2-1-3-5-7/h1-5H/q+1. The zero-order chi connectivity index (χ0) is 5.82. The lowest BCUT2D eigenvalue weighted by atomic mass is 10.2. The Hall–Kier alpha value is -1.20. The van der Waals surface area contributed by atoms with E-state index in [1.165, 1.54) is 0 Å². The van der Waals surface area contributed by atoms with Crippen LogP contribution in [0.3, 0.4) is 0 Å². The molecule has 0 heterocycles. The molecule has 0 fully saturated rings. The molecular formula is C7H5O+. The molecule has 0 aliphatic heterocycles. The van der Waals surface area contributed by atoms with Crippen molar-refractivity contribution in [1.82, 2.24) is 0 Å². The summed E-state index contributed by atoms with van der Waals surface area (Å²) in [5.74, 6) is 0. The average molecular weight is 105 g/mol. The summed E-state index contributed by atoms with van der Waals surface area (Å²) in [6.07, 6.45) is 1.78. The molecule has 8 heavy (non-hydrogen) atoms. The Morgan fingerprint density at radius 1 is 1.12 bits per heavy atom. The van der Waals surface area contributed by atoms with Crippen molar-refractivity contribution in [3.05, 3.63) is 35.9 Å². The first-order valence-corrected chi connectivity index (χ1v) is 2.36. The highest BCUT2D eigenvalue weighted by Crippen LogP contribution is 1.91. The Kier molecular flexibility index (Phi) is 1.36. The fourth-order valence-corrected chi connectivity index (χ4v) is 0.506. The van der Waals surface area contributed by atoms with Gasteiger partial charge in [0.2, 0.25) is 5.56 Å². The highest BCUT2D eigenvalue weighted by Gasteiger charge is 1.94. The Morgan fingerprint density at radius 2 is 1.75 bits per heavy atom. The molecule has 1 nitrogen and oxygen atoms in total. The third kappa shape index (κ3) is 0.895. The maximum Gasteiger partial charge on any atom is 0.303 e. The van der Waals surface area contributed by atoms with Crippen LogP contribution >= 0.6 is 0 Å². The smallest absolute Gasteiger partial charge is 0.141 e. The molecule has 38 valence electrons. The monoisotopic (exact) mass is 105 g/mol. The van der Waals surface area contributed by atoms with Gasteiger partial charge in [0.05, 0.1) is 12.1 Å². The van der Waals surface area contributed by atoms with Crippen molar-refractivity contribution in [2.24, 2.45) is 0 Å². The van der Waals surface area contributed by atoms with E-state index in [0.717, 1.165) is 0 Å². The normalized spacial score (nSPS) is 8.00. The minimum Gasteiger partial charge on any atom is -0.141 e. The van der Waals surface area contributed by atoms with Crippen molar-refractivity contribution in [1.29, 1.82) is 0 Å². The lowest BCUT2D eigenvalue weighted by molar-refractivity contribution is 0.563. The molecule has 0 saturated carbocycles. The Morgan fingerprint density at radius 3 is 2.12 bits per heavy atom. The molecule has 0 radical (unpaired) electrons. The first kappa shape index (κ1) is 4.95. The van der Waals surface area contributed by atoms with Gasteiger partial charge in [0.25, 0.3) is 0 Å². The van der Waals surface area contributed by atoms with E-state index in [1.807, 2.05) is 6.07 Å². The van der Waals surface area contributed by atoms with Crippen molar-refractivity contribution in [2.75, 3.05) is 0 Å². The summed E-state index contributed by atoms with van der Waals surface area (Å²) in [6, 6.07) is 8.90. The number of hydrogen-bond acceptors (Lipinski definition) is 1. The fraction of sp³-hybridized carbons (Fsp3) is 0. The van der Waals surface area contributed by atoms with Crippen LogP contribution in [0, 0.1) is 0 Å². The Bertz CT molecular complexity index is 167. The van der Waals surface area contributed by atoms with Crippen LogP contribution < -0.4 is 0 Å². The van der Waals surface area contributed by atoms with Gasteiger partial charge in [-0.25, -0.2) is 0 Å². The van der Waals surface area contributed by atoms with E-state index in [9.17, 15) is 4.79 Å². The molecule has 0 saturated heterocycles. The molecular weight excluding hydrogens is 100 g/mol. The highest BCUT2D eigenvalue weighted by atomic mass is 16.1. The van der Waals surface area contributed by atoms with E-state index in [4.69, 9.17) is 0 Å². The number of hydrogen-bond donors (Lipinski definition) is 0. The van der Waals surface area contributed by atoms with E-state index >= 15 is 0 Å². The van der Waals surface area contributed by atoms with Gasteiger partial charge in [-0.3, -0.25) is 0 Å². The van der Waals surface area contributed by atoms with Gasteiger partial charge in [-0.05, 0) is 18.2 Å². The van der Waals surface area contributed by atoms with Crippen molar-refractivity contribution in [3.63, 3.8) is 0 Å². The first-order valence-electron chi connectivity index (χ1n) is 2.36. The SMILES string of the molecule is O=[C+]c1ccccc1. The van der Waals surface area contributed by atoms with E-state index in [-0.39, 0.29) is 0 Å². The molecule has 0 bridgehead atoms. The lowest BCUT2D eigenvalue weighted by Crippen LogP contribution is -1.73. The molecule has 1 heteroatoms. The second kappa shape index (κ2) is 2.20. The molecule has 1 rings (SSSR count). The van der Waals surface area contributed by atoms with Crippen molar-refractivity contribution in [3.8, 4) is 0 Å². The van der Waals surface area contributed by atoms with Crippen LogP contribution in [0.4, 0.5) is 0 Å². The van der Waals surface area contributed by atoms with Gasteiger partial charge in [-0.2, -0.15) is 0 Å². The molecule has 1 aromatic carbocycles. The molecule has 0 amide bonds. The summed E-state index contributed by atoms with van der Waals surface area (Å²) in [5.41, 5.74) is 0.604. The predicted octanol–water partition coefficient (Wildman–Crippen LogP) is 1.14. The summed E-state index contributed by atoms with van der Waals surface area (Å²) in [7, 11) is 0. The molecule has 1 aromatic rings. The topological polar surface area (TPSA) is 17.1 Å². The third-order valence-corrected chi connectivity index (χ3v) is 0.892. The van der Waals surface area contributed by atoms with Crippen molar-refractivity contribution in [2.45, 2.75) is 0 Å². The van der Waals surface area contributed by atoms with Gasteiger partial charge in [-0.1, -0.05) is 0 Å². The summed E-state index contributed by atoms with van der Waals surface area (Å²) in [6.45, 7) is 0. The third-order valence-electron chi connectivity index (χ3n) is 0.892. The average Bonchev–Trinajstić information content (AvgIpc) is 1.90. The summed E-state index contributed by atoms with van der Waals surface area (Å²) in [4.78, 5) is 9.88. The molecule has 0 unspecified atom stereocenters. The van der Waals surface area contributed by atoms with Crippen molar-refractivity contribution >= 4 is 6.29 Å². The first-order chi connectivity index (χ1) is 3.93. The van der Waals surface area contributed by atoms with Gasteiger partial charge < -0.3 is 0 Å². The van der Waals surface area contributed by atoms with Gasteiger partial charge >= 0.3 is 6.29 Å². The molecule has 0 aliphatic carbocycles. The van der Waals surface area contributed by atoms with Gasteiger partial charge in [0.1, 0.15) is 0 Å². The van der Waals surface area contributed by atoms with E-state index in [0.29, 0.717) is 5.56 Å². The molecule has 0 aromatic heterocycles. The Balaban J connectivity index is 2.99. The maximum atomic E-state index is 9.88. The largest absolute Gasteiger partial charge is 0.303 e. The molecule has 0 atom stereocenters. The molecule has 0 N–H and O–H groups in total. The number of carbonyl (C=O) groups excluding carboxylic acids is 1. The van der Waals surface area contributed by atoms with Crippen molar-refractivity contribution < 1.29 is 4.79 Å². The van der Waals surface area contributed by atoms with Crippen LogP contribution in [0.2, 0.25) is 0 Å². The zero-order valence-corrected chi connectivity index (χ0v) is 4.29. The van der Waals surface area contributed by atoms with Crippen LogP contribution in [0.25, 0.3) is 0 Å². The number of rotatable bonds is 1. The maximum absolute atomic E-state index is 9.88.